The number of unbranched alkanes of at least 4 members (excludes halogenated alkanes) is 8. The highest BCUT2D eigenvalue weighted by molar-refractivity contribution is 5.94. The van der Waals surface area contributed by atoms with E-state index in [9.17, 15) is 4.79 Å². The summed E-state index contributed by atoms with van der Waals surface area (Å²) in [4.78, 5) is 12.6. The van der Waals surface area contributed by atoms with Gasteiger partial charge in [0.2, 0.25) is 5.91 Å². The first-order valence-electron chi connectivity index (χ1n) is 10.1. The Morgan fingerprint density at radius 3 is 2.28 bits per heavy atom. The number of nitrogens with zero attached hydrogens (tertiary/aromatic N) is 1. The van der Waals surface area contributed by atoms with Gasteiger partial charge < -0.3 is 5.73 Å². The Labute approximate surface area is 152 Å². The van der Waals surface area contributed by atoms with Crippen LogP contribution in [0, 0.1) is 0 Å². The van der Waals surface area contributed by atoms with Gasteiger partial charge in [0.15, 0.2) is 0 Å². The van der Waals surface area contributed by atoms with Crippen LogP contribution in [0.2, 0.25) is 0 Å². The summed E-state index contributed by atoms with van der Waals surface area (Å²) in [5, 5.41) is 1.16. The maximum absolute atomic E-state index is 12.6. The number of nitrogens with two attached hydrogens (primary N) is 1. The maximum atomic E-state index is 12.6. The minimum absolute atomic E-state index is 0.211. The van der Waals surface area contributed by atoms with E-state index >= 15 is 0 Å². The summed E-state index contributed by atoms with van der Waals surface area (Å²) in [7, 11) is 0. The molecular formula is C22H34N2O. The first kappa shape index (κ1) is 19.7. The molecule has 1 aromatic heterocycles. The Morgan fingerprint density at radius 1 is 0.960 bits per heavy atom. The molecular weight excluding hydrogens is 308 g/mol. The number of hydrogen-bond acceptors (Lipinski definition) is 2. The van der Waals surface area contributed by atoms with Crippen LogP contribution >= 0.6 is 0 Å². The lowest BCUT2D eigenvalue weighted by Gasteiger charge is -2.05. The molecule has 0 radical (unpaired) electrons. The summed E-state index contributed by atoms with van der Waals surface area (Å²) in [5.41, 5.74) is 7.91. The molecule has 0 aliphatic carbocycles. The summed E-state index contributed by atoms with van der Waals surface area (Å²) < 4.78 is 1.84. The highest BCUT2D eigenvalue weighted by Gasteiger charge is 2.12. The van der Waals surface area contributed by atoms with Gasteiger partial charge in [-0.3, -0.25) is 9.36 Å². The van der Waals surface area contributed by atoms with E-state index < -0.39 is 0 Å². The third-order valence-electron chi connectivity index (χ3n) is 4.97. The molecule has 138 valence electrons. The van der Waals surface area contributed by atoms with Crippen molar-refractivity contribution in [3.63, 3.8) is 0 Å². The van der Waals surface area contributed by atoms with Gasteiger partial charge in [-0.05, 0) is 31.0 Å². The van der Waals surface area contributed by atoms with Gasteiger partial charge in [-0.25, -0.2) is 0 Å². The fourth-order valence-corrected chi connectivity index (χ4v) is 3.52. The van der Waals surface area contributed by atoms with E-state index in [4.69, 9.17) is 5.73 Å². The number of rotatable bonds is 12. The van der Waals surface area contributed by atoms with Crippen molar-refractivity contribution in [1.29, 1.82) is 0 Å². The molecule has 25 heavy (non-hydrogen) atoms. The monoisotopic (exact) mass is 342 g/mol. The van der Waals surface area contributed by atoms with Gasteiger partial charge in [-0.1, -0.05) is 76.5 Å². The largest absolute Gasteiger partial charge is 0.330 e. The molecule has 2 rings (SSSR count). The molecule has 0 atom stereocenters. The van der Waals surface area contributed by atoms with Crippen LogP contribution in [-0.4, -0.2) is 17.0 Å². The van der Waals surface area contributed by atoms with E-state index in [0.29, 0.717) is 13.0 Å². The van der Waals surface area contributed by atoms with Crippen molar-refractivity contribution in [3.05, 3.63) is 36.0 Å². The van der Waals surface area contributed by atoms with Crippen molar-refractivity contribution in [1.82, 2.24) is 4.57 Å². The van der Waals surface area contributed by atoms with Gasteiger partial charge >= 0.3 is 0 Å². The summed E-state index contributed by atoms with van der Waals surface area (Å²) in [6, 6.07) is 8.14. The normalized spacial score (nSPS) is 11.3. The zero-order valence-electron chi connectivity index (χ0n) is 15.8. The van der Waals surface area contributed by atoms with Crippen LogP contribution in [-0.2, 0) is 6.42 Å². The Morgan fingerprint density at radius 2 is 1.60 bits per heavy atom. The maximum Gasteiger partial charge on any atom is 0.231 e. The van der Waals surface area contributed by atoms with Crippen LogP contribution in [0.3, 0.4) is 0 Å². The van der Waals surface area contributed by atoms with Crippen LogP contribution in [0.5, 0.6) is 0 Å². The zero-order chi connectivity index (χ0) is 17.9. The molecule has 0 saturated carbocycles. The van der Waals surface area contributed by atoms with Gasteiger partial charge in [0, 0.05) is 18.0 Å². The van der Waals surface area contributed by atoms with Crippen molar-refractivity contribution in [2.75, 3.05) is 6.54 Å². The predicted octanol–water partition coefficient (Wildman–Crippen LogP) is 5.70. The first-order chi connectivity index (χ1) is 12.3. The fraction of sp³-hybridized carbons (Fsp3) is 0.591. The van der Waals surface area contributed by atoms with Crippen LogP contribution in [0.25, 0.3) is 10.9 Å². The lowest BCUT2D eigenvalue weighted by Crippen LogP contribution is -2.09. The van der Waals surface area contributed by atoms with Gasteiger partial charge in [-0.15, -0.1) is 0 Å². The highest BCUT2D eigenvalue weighted by Crippen LogP contribution is 2.22. The molecule has 0 fully saturated rings. The second-order valence-electron chi connectivity index (χ2n) is 7.05. The summed E-state index contributed by atoms with van der Waals surface area (Å²) >= 11 is 0. The van der Waals surface area contributed by atoms with Crippen LogP contribution in [0.15, 0.2) is 30.5 Å². The molecule has 0 saturated heterocycles. The molecule has 2 N–H and O–H groups in total. The molecule has 2 aromatic rings. The number of aromatic nitrogens is 1. The SMILES string of the molecule is CCCCCCCCCCCC(=O)n1cc(CCN)c2ccccc21. The van der Waals surface area contributed by atoms with E-state index in [0.717, 1.165) is 30.2 Å². The number of benzene rings is 1. The average molecular weight is 343 g/mol. The van der Waals surface area contributed by atoms with Gasteiger partial charge in [0.25, 0.3) is 0 Å². The molecule has 0 spiro atoms. The van der Waals surface area contributed by atoms with Crippen LogP contribution < -0.4 is 5.73 Å². The third-order valence-corrected chi connectivity index (χ3v) is 4.97. The molecule has 3 nitrogen and oxygen atoms in total. The fourth-order valence-electron chi connectivity index (χ4n) is 3.52. The van der Waals surface area contributed by atoms with E-state index in [2.05, 4.69) is 13.0 Å². The summed E-state index contributed by atoms with van der Waals surface area (Å²) in [6.45, 7) is 2.87. The molecule has 0 aliphatic rings. The highest BCUT2D eigenvalue weighted by atomic mass is 16.2. The minimum Gasteiger partial charge on any atom is -0.330 e. The van der Waals surface area contributed by atoms with Crippen LogP contribution in [0.4, 0.5) is 0 Å². The minimum atomic E-state index is 0.211. The molecule has 1 heterocycles. The van der Waals surface area contributed by atoms with Gasteiger partial charge in [-0.2, -0.15) is 0 Å². The molecule has 0 aliphatic heterocycles. The second kappa shape index (κ2) is 11.1. The number of fused-ring (bicyclic) bond motifs is 1. The standard InChI is InChI=1S/C22H34N2O/c1-2-3-4-5-6-7-8-9-10-15-22(25)24-18-19(16-17-23)20-13-11-12-14-21(20)24/h11-14,18H,2-10,15-17,23H2,1H3. The third kappa shape index (κ3) is 6.00. The zero-order valence-corrected chi connectivity index (χ0v) is 15.8. The topological polar surface area (TPSA) is 48.0 Å². The first-order valence-corrected chi connectivity index (χ1v) is 10.1. The quantitative estimate of drug-likeness (QED) is 0.503. The Balaban J connectivity index is 1.77. The Bertz CT molecular complexity index is 645. The van der Waals surface area contributed by atoms with Crippen molar-refractivity contribution in [2.45, 2.75) is 77.6 Å². The van der Waals surface area contributed by atoms with E-state index in [1.54, 1.807) is 0 Å². The smallest absolute Gasteiger partial charge is 0.231 e. The number of carbonyl (C=O) groups is 1. The van der Waals surface area contributed by atoms with Gasteiger partial charge in [0.1, 0.15) is 0 Å². The molecule has 3 heteroatoms. The van der Waals surface area contributed by atoms with E-state index in [1.165, 1.54) is 50.5 Å². The lowest BCUT2D eigenvalue weighted by atomic mass is 10.1. The average Bonchev–Trinajstić information content (AvgIpc) is 2.99. The summed E-state index contributed by atoms with van der Waals surface area (Å²) in [5.74, 6) is 0.211. The molecule has 0 amide bonds. The Hall–Kier alpha value is -1.61. The van der Waals surface area contributed by atoms with E-state index in [1.807, 2.05) is 29.0 Å². The predicted molar refractivity (Wildman–Crippen MR) is 107 cm³/mol. The summed E-state index contributed by atoms with van der Waals surface area (Å²) in [6.07, 6.45) is 14.9. The molecule has 1 aromatic carbocycles. The van der Waals surface area contributed by atoms with Crippen molar-refractivity contribution >= 4 is 16.8 Å². The second-order valence-corrected chi connectivity index (χ2v) is 7.05. The molecule has 0 unspecified atom stereocenters. The van der Waals surface area contributed by atoms with Crippen LogP contribution in [0.1, 0.15) is 81.5 Å². The lowest BCUT2D eigenvalue weighted by molar-refractivity contribution is 0.0904. The number of hydrogen-bond donors (Lipinski definition) is 1. The molecule has 0 bridgehead atoms. The van der Waals surface area contributed by atoms with Crippen molar-refractivity contribution in [3.8, 4) is 0 Å². The van der Waals surface area contributed by atoms with Crippen molar-refractivity contribution < 1.29 is 4.79 Å². The number of carbonyl (C=O) groups excluding carboxylic acids is 1. The van der Waals surface area contributed by atoms with Gasteiger partial charge in [0.05, 0.1) is 5.52 Å². The number of para-hydroxylation sites is 1. The Kier molecular flexibility index (Phi) is 8.75. The van der Waals surface area contributed by atoms with E-state index in [-0.39, 0.29) is 5.91 Å². The van der Waals surface area contributed by atoms with Crippen molar-refractivity contribution in [2.24, 2.45) is 5.73 Å².